The largest absolute Gasteiger partial charge is 0.416 e. The fraction of sp³-hybridized carbons (Fsp3) is 0.0526. The highest BCUT2D eigenvalue weighted by Gasteiger charge is 2.30. The quantitative estimate of drug-likeness (QED) is 0.609. The molecular formula is C19H15F3N6O2. The molecule has 0 bridgehead atoms. The highest BCUT2D eigenvalue weighted by atomic mass is 19.4. The van der Waals surface area contributed by atoms with Crippen LogP contribution in [0.3, 0.4) is 0 Å². The third-order valence-corrected chi connectivity index (χ3v) is 4.07. The predicted molar refractivity (Wildman–Crippen MR) is 104 cm³/mol. The zero-order valence-corrected chi connectivity index (χ0v) is 15.2. The molecule has 2 amide bonds. The van der Waals surface area contributed by atoms with Crippen LogP contribution in [0.4, 0.5) is 29.3 Å². The van der Waals surface area contributed by atoms with Crippen molar-refractivity contribution in [2.24, 2.45) is 4.99 Å². The van der Waals surface area contributed by atoms with Gasteiger partial charge in [-0.05, 0) is 42.5 Å². The molecule has 0 atom stereocenters. The third-order valence-electron chi connectivity index (χ3n) is 4.07. The van der Waals surface area contributed by atoms with E-state index in [0.29, 0.717) is 11.4 Å². The molecule has 0 fully saturated rings. The maximum atomic E-state index is 12.8. The van der Waals surface area contributed by atoms with Crippen LogP contribution in [0.5, 0.6) is 5.75 Å². The van der Waals surface area contributed by atoms with E-state index in [1.807, 2.05) is 0 Å². The lowest BCUT2D eigenvalue weighted by molar-refractivity contribution is -0.137. The number of rotatable bonds is 4. The number of fused-ring (bicyclic) bond motifs is 1. The Morgan fingerprint density at radius 3 is 2.60 bits per heavy atom. The minimum absolute atomic E-state index is 0.0302. The summed E-state index contributed by atoms with van der Waals surface area (Å²) in [7, 11) is 0. The van der Waals surface area contributed by atoms with E-state index in [2.05, 4.69) is 26.5 Å². The van der Waals surface area contributed by atoms with Gasteiger partial charge in [-0.2, -0.15) is 18.2 Å². The van der Waals surface area contributed by atoms with Gasteiger partial charge in [0.2, 0.25) is 0 Å². The molecule has 4 rings (SSSR count). The maximum absolute atomic E-state index is 12.8. The van der Waals surface area contributed by atoms with Gasteiger partial charge < -0.3 is 20.9 Å². The van der Waals surface area contributed by atoms with E-state index in [1.165, 1.54) is 23.5 Å². The summed E-state index contributed by atoms with van der Waals surface area (Å²) in [6, 6.07) is 10.2. The average molecular weight is 416 g/mol. The van der Waals surface area contributed by atoms with E-state index >= 15 is 0 Å². The summed E-state index contributed by atoms with van der Waals surface area (Å²) >= 11 is 0. The van der Waals surface area contributed by atoms with Crippen LogP contribution in [0.15, 0.2) is 77.3 Å². The number of nitrogens with zero attached hydrogens (tertiary/aromatic N) is 2. The number of alkyl halides is 3. The molecule has 4 N–H and O–H groups in total. The maximum Gasteiger partial charge on any atom is 0.416 e. The Hall–Kier alpha value is -4.15. The van der Waals surface area contributed by atoms with Crippen LogP contribution in [0, 0.1) is 0 Å². The molecule has 0 radical (unpaired) electrons. The number of carbonyl (C=O) groups is 1. The molecule has 2 heterocycles. The standard InChI is InChI=1S/C19H15F3N6O2/c20-19(21,22)12-2-1-3-14(8-12)26-18(29)25-13-4-6-15(7-5-13)30-28-11-23-9-16-17(28)10-24-27-16/h1-11,24,27H,(H2,25,26,29). The lowest BCUT2D eigenvalue weighted by Gasteiger charge is -2.22. The zero-order valence-electron chi connectivity index (χ0n) is 15.2. The molecular weight excluding hydrogens is 401 g/mol. The van der Waals surface area contributed by atoms with Gasteiger partial charge in [0.15, 0.2) is 5.75 Å². The number of hydrogen-bond donors (Lipinski definition) is 4. The molecule has 0 unspecified atom stereocenters. The fourth-order valence-corrected chi connectivity index (χ4v) is 2.69. The second-order valence-corrected chi connectivity index (χ2v) is 6.21. The lowest BCUT2D eigenvalue weighted by Crippen LogP contribution is -2.29. The number of urea groups is 1. The first-order valence-corrected chi connectivity index (χ1v) is 8.66. The molecule has 2 aromatic carbocycles. The first kappa shape index (κ1) is 19.2. The van der Waals surface area contributed by atoms with Crippen molar-refractivity contribution >= 4 is 23.7 Å². The van der Waals surface area contributed by atoms with Crippen molar-refractivity contribution < 1.29 is 22.8 Å². The fourth-order valence-electron chi connectivity index (χ4n) is 2.69. The van der Waals surface area contributed by atoms with Gasteiger partial charge in [0.05, 0.1) is 11.8 Å². The van der Waals surface area contributed by atoms with Crippen molar-refractivity contribution in [3.63, 3.8) is 0 Å². The zero-order chi connectivity index (χ0) is 21.1. The smallest absolute Gasteiger partial charge is 0.374 e. The first-order chi connectivity index (χ1) is 14.4. The van der Waals surface area contributed by atoms with Crippen LogP contribution in [0.1, 0.15) is 5.56 Å². The van der Waals surface area contributed by atoms with Crippen LogP contribution >= 0.6 is 0 Å². The first-order valence-electron chi connectivity index (χ1n) is 8.66. The summed E-state index contributed by atoms with van der Waals surface area (Å²) in [4.78, 5) is 21.9. The Morgan fingerprint density at radius 1 is 1.07 bits per heavy atom. The van der Waals surface area contributed by atoms with Crippen molar-refractivity contribution in [3.8, 4) is 5.75 Å². The topological polar surface area (TPSA) is 90.0 Å². The van der Waals surface area contributed by atoms with Gasteiger partial charge in [-0.15, -0.1) is 0 Å². The monoisotopic (exact) mass is 416 g/mol. The Bertz CT molecular complexity index is 1050. The highest BCUT2D eigenvalue weighted by Crippen LogP contribution is 2.30. The van der Waals surface area contributed by atoms with Crippen LogP contribution in [-0.2, 0) is 6.18 Å². The summed E-state index contributed by atoms with van der Waals surface area (Å²) in [5.74, 6) is 0.485. The number of carbonyl (C=O) groups excluding carboxylic acids is 1. The molecule has 0 aromatic heterocycles. The predicted octanol–water partition coefficient (Wildman–Crippen LogP) is 3.78. The highest BCUT2D eigenvalue weighted by molar-refractivity contribution is 5.99. The van der Waals surface area contributed by atoms with Crippen LogP contribution in [-0.4, -0.2) is 17.4 Å². The van der Waals surface area contributed by atoms with Gasteiger partial charge in [0, 0.05) is 17.6 Å². The molecule has 8 nitrogen and oxygen atoms in total. The SMILES string of the molecule is O=C(Nc1ccc(ON2C=NC=C3NNC=C32)cc1)Nc1cccc(C(F)(F)F)c1. The van der Waals surface area contributed by atoms with Crippen molar-refractivity contribution in [1.82, 2.24) is 15.9 Å². The van der Waals surface area contributed by atoms with Gasteiger partial charge in [0.1, 0.15) is 17.7 Å². The third kappa shape index (κ3) is 4.29. The molecule has 2 aliphatic rings. The second kappa shape index (κ2) is 7.70. The summed E-state index contributed by atoms with van der Waals surface area (Å²) in [6.07, 6.45) is 0.367. The Balaban J connectivity index is 1.35. The number of amides is 2. The molecule has 154 valence electrons. The van der Waals surface area contributed by atoms with Crippen LogP contribution in [0.25, 0.3) is 0 Å². The Kier molecular flexibility index (Phi) is 4.92. The van der Waals surface area contributed by atoms with Crippen molar-refractivity contribution in [1.29, 1.82) is 0 Å². The Morgan fingerprint density at radius 2 is 1.83 bits per heavy atom. The minimum Gasteiger partial charge on any atom is -0.374 e. The van der Waals surface area contributed by atoms with Crippen LogP contribution in [0.2, 0.25) is 0 Å². The molecule has 11 heteroatoms. The number of nitrogens with one attached hydrogen (secondary N) is 4. The number of halogens is 3. The van der Waals surface area contributed by atoms with Crippen LogP contribution < -0.4 is 26.3 Å². The molecule has 0 saturated heterocycles. The summed E-state index contributed by atoms with van der Waals surface area (Å²) in [5, 5.41) is 6.39. The van der Waals surface area contributed by atoms with Gasteiger partial charge in [0.25, 0.3) is 0 Å². The van der Waals surface area contributed by atoms with E-state index in [1.54, 1.807) is 36.7 Å². The van der Waals surface area contributed by atoms with E-state index in [9.17, 15) is 18.0 Å². The normalized spacial score (nSPS) is 14.7. The van der Waals surface area contributed by atoms with Gasteiger partial charge in [-0.25, -0.2) is 9.79 Å². The summed E-state index contributed by atoms with van der Waals surface area (Å²) in [5.41, 5.74) is 6.86. The number of aliphatic imine (C=N–C) groups is 1. The van der Waals surface area contributed by atoms with Gasteiger partial charge in [-0.1, -0.05) is 6.07 Å². The van der Waals surface area contributed by atoms with E-state index < -0.39 is 17.8 Å². The van der Waals surface area contributed by atoms with E-state index in [0.717, 1.165) is 23.5 Å². The molecule has 30 heavy (non-hydrogen) atoms. The Labute approximate surface area is 168 Å². The molecule has 0 aliphatic carbocycles. The molecule has 0 saturated carbocycles. The number of anilines is 2. The van der Waals surface area contributed by atoms with Gasteiger partial charge in [-0.3, -0.25) is 5.43 Å². The number of hydrogen-bond acceptors (Lipinski definition) is 6. The minimum atomic E-state index is -4.49. The molecule has 0 spiro atoms. The number of hydroxylamine groups is 2. The summed E-state index contributed by atoms with van der Waals surface area (Å²) in [6.45, 7) is 0. The molecule has 2 aromatic rings. The lowest BCUT2D eigenvalue weighted by atomic mass is 10.2. The molecule has 2 aliphatic heterocycles. The van der Waals surface area contributed by atoms with Crippen molar-refractivity contribution in [2.75, 3.05) is 10.6 Å². The van der Waals surface area contributed by atoms with Crippen molar-refractivity contribution in [2.45, 2.75) is 6.18 Å². The van der Waals surface area contributed by atoms with Gasteiger partial charge >= 0.3 is 12.2 Å². The average Bonchev–Trinajstić information content (AvgIpc) is 3.19. The number of benzene rings is 2. The van der Waals surface area contributed by atoms with E-state index in [-0.39, 0.29) is 5.69 Å². The second-order valence-electron chi connectivity index (χ2n) is 6.21. The van der Waals surface area contributed by atoms with Crippen molar-refractivity contribution in [3.05, 3.63) is 77.9 Å². The number of hydrazine groups is 1. The summed E-state index contributed by atoms with van der Waals surface area (Å²) < 4.78 is 38.3. The van der Waals surface area contributed by atoms with E-state index in [4.69, 9.17) is 4.84 Å².